The largest absolute Gasteiger partial charge is 0.416 e. The predicted molar refractivity (Wildman–Crippen MR) is 82.6 cm³/mol. The van der Waals surface area contributed by atoms with Gasteiger partial charge in [-0.15, -0.1) is 0 Å². The smallest absolute Gasteiger partial charge is 0.378 e. The fourth-order valence-corrected chi connectivity index (χ4v) is 2.59. The lowest BCUT2D eigenvalue weighted by Crippen LogP contribution is -2.15. The summed E-state index contributed by atoms with van der Waals surface area (Å²) in [7, 11) is 0. The molecule has 1 nitrogen and oxygen atoms in total. The second-order valence-electron chi connectivity index (χ2n) is 4.58. The van der Waals surface area contributed by atoms with Crippen molar-refractivity contribution >= 4 is 33.2 Å². The van der Waals surface area contributed by atoms with Gasteiger partial charge in [0, 0.05) is 15.5 Å². The first-order valence-corrected chi connectivity index (χ1v) is 7.34. The Kier molecular flexibility index (Phi) is 4.84. The molecule has 0 aliphatic rings. The van der Waals surface area contributed by atoms with Gasteiger partial charge in [-0.3, -0.25) is 0 Å². The Labute approximate surface area is 134 Å². The van der Waals surface area contributed by atoms with Crippen molar-refractivity contribution < 1.29 is 13.2 Å². The van der Waals surface area contributed by atoms with Crippen LogP contribution in [0.3, 0.4) is 0 Å². The van der Waals surface area contributed by atoms with E-state index in [0.29, 0.717) is 10.7 Å². The van der Waals surface area contributed by atoms with Gasteiger partial charge in [0.1, 0.15) is 0 Å². The molecular formula is C15H12BrClF3N. The van der Waals surface area contributed by atoms with E-state index in [1.165, 1.54) is 12.1 Å². The van der Waals surface area contributed by atoms with Crippen LogP contribution in [0.2, 0.25) is 5.02 Å². The molecule has 0 aliphatic carbocycles. The van der Waals surface area contributed by atoms with Gasteiger partial charge in [-0.25, -0.2) is 0 Å². The van der Waals surface area contributed by atoms with Crippen molar-refractivity contribution in [1.82, 2.24) is 0 Å². The van der Waals surface area contributed by atoms with E-state index < -0.39 is 17.8 Å². The number of rotatable bonds is 3. The van der Waals surface area contributed by atoms with E-state index in [2.05, 4.69) is 21.2 Å². The Morgan fingerprint density at radius 1 is 1.14 bits per heavy atom. The van der Waals surface area contributed by atoms with Crippen molar-refractivity contribution in [2.24, 2.45) is 0 Å². The predicted octanol–water partition coefficient (Wildman–Crippen LogP) is 6.29. The molecule has 2 aromatic carbocycles. The van der Waals surface area contributed by atoms with E-state index in [9.17, 15) is 13.2 Å². The molecule has 0 saturated heterocycles. The maximum Gasteiger partial charge on any atom is 0.416 e. The van der Waals surface area contributed by atoms with Crippen LogP contribution in [0.4, 0.5) is 18.9 Å². The van der Waals surface area contributed by atoms with Gasteiger partial charge in [0.25, 0.3) is 0 Å². The number of hydrogen-bond donors (Lipinski definition) is 1. The highest BCUT2D eigenvalue weighted by atomic mass is 79.9. The standard InChI is InChI=1S/C15H12BrClF3N/c1-9(21-14-8-10(17)6-7-13(14)16)11-4-2-3-5-12(11)15(18,19)20/h2-9,21H,1H3. The van der Waals surface area contributed by atoms with Crippen LogP contribution in [0.5, 0.6) is 0 Å². The Morgan fingerprint density at radius 2 is 1.81 bits per heavy atom. The van der Waals surface area contributed by atoms with Crippen LogP contribution in [-0.4, -0.2) is 0 Å². The summed E-state index contributed by atoms with van der Waals surface area (Å²) in [6.45, 7) is 1.68. The van der Waals surface area contributed by atoms with Crippen molar-refractivity contribution in [3.05, 3.63) is 63.1 Å². The Hall–Kier alpha value is -1.20. The van der Waals surface area contributed by atoms with Gasteiger partial charge in [-0.05, 0) is 52.7 Å². The molecule has 0 amide bonds. The number of halogens is 5. The van der Waals surface area contributed by atoms with Gasteiger partial charge in [0.2, 0.25) is 0 Å². The van der Waals surface area contributed by atoms with Crippen molar-refractivity contribution in [3.8, 4) is 0 Å². The molecule has 0 fully saturated rings. The van der Waals surface area contributed by atoms with Crippen molar-refractivity contribution in [1.29, 1.82) is 0 Å². The number of benzene rings is 2. The van der Waals surface area contributed by atoms with E-state index in [4.69, 9.17) is 11.6 Å². The van der Waals surface area contributed by atoms with Gasteiger partial charge in [-0.2, -0.15) is 13.2 Å². The second-order valence-corrected chi connectivity index (χ2v) is 5.87. The maximum atomic E-state index is 13.0. The lowest BCUT2D eigenvalue weighted by Gasteiger charge is -2.21. The molecule has 1 unspecified atom stereocenters. The fraction of sp³-hybridized carbons (Fsp3) is 0.200. The Bertz CT molecular complexity index is 643. The van der Waals surface area contributed by atoms with Crippen LogP contribution in [0.25, 0.3) is 0 Å². The lowest BCUT2D eigenvalue weighted by molar-refractivity contribution is -0.138. The third-order valence-corrected chi connectivity index (χ3v) is 3.96. The third-order valence-electron chi connectivity index (χ3n) is 3.03. The monoisotopic (exact) mass is 377 g/mol. The third kappa shape index (κ3) is 3.92. The number of hydrogen-bond acceptors (Lipinski definition) is 1. The molecule has 21 heavy (non-hydrogen) atoms. The van der Waals surface area contributed by atoms with Gasteiger partial charge in [0.05, 0.1) is 11.3 Å². The zero-order valence-electron chi connectivity index (χ0n) is 11.0. The van der Waals surface area contributed by atoms with Crippen LogP contribution in [0, 0.1) is 0 Å². The first-order valence-electron chi connectivity index (χ1n) is 6.16. The summed E-state index contributed by atoms with van der Waals surface area (Å²) in [6, 6.07) is 10.1. The molecule has 0 saturated carbocycles. The van der Waals surface area contributed by atoms with Crippen molar-refractivity contribution in [2.45, 2.75) is 19.1 Å². The van der Waals surface area contributed by atoms with Crippen LogP contribution < -0.4 is 5.32 Å². The Balaban J connectivity index is 2.33. The topological polar surface area (TPSA) is 12.0 Å². The molecule has 0 spiro atoms. The normalized spacial score (nSPS) is 13.0. The molecule has 0 radical (unpaired) electrons. The molecule has 2 rings (SSSR count). The SMILES string of the molecule is CC(Nc1cc(Cl)ccc1Br)c1ccccc1C(F)(F)F. The molecule has 112 valence electrons. The summed E-state index contributed by atoms with van der Waals surface area (Å²) in [6.07, 6.45) is -4.38. The van der Waals surface area contributed by atoms with Crippen LogP contribution >= 0.6 is 27.5 Å². The average molecular weight is 379 g/mol. The summed E-state index contributed by atoms with van der Waals surface area (Å²) >= 11 is 9.26. The summed E-state index contributed by atoms with van der Waals surface area (Å²) in [4.78, 5) is 0. The van der Waals surface area contributed by atoms with Crippen molar-refractivity contribution in [2.75, 3.05) is 5.32 Å². The first-order chi connectivity index (χ1) is 9.79. The molecular weight excluding hydrogens is 367 g/mol. The number of alkyl halides is 3. The molecule has 1 atom stereocenters. The minimum Gasteiger partial charge on any atom is -0.378 e. The molecule has 0 aromatic heterocycles. The summed E-state index contributed by atoms with van der Waals surface area (Å²) < 4.78 is 39.8. The fourth-order valence-electron chi connectivity index (χ4n) is 2.05. The van der Waals surface area contributed by atoms with Gasteiger partial charge < -0.3 is 5.32 Å². The van der Waals surface area contributed by atoms with Gasteiger partial charge in [-0.1, -0.05) is 29.8 Å². The van der Waals surface area contributed by atoms with Gasteiger partial charge >= 0.3 is 6.18 Å². The van der Waals surface area contributed by atoms with E-state index in [1.54, 1.807) is 31.2 Å². The minimum atomic E-state index is -4.38. The van der Waals surface area contributed by atoms with E-state index in [-0.39, 0.29) is 5.56 Å². The van der Waals surface area contributed by atoms with Crippen LogP contribution in [0.1, 0.15) is 24.1 Å². The maximum absolute atomic E-state index is 13.0. The zero-order valence-corrected chi connectivity index (χ0v) is 13.4. The van der Waals surface area contributed by atoms with Crippen LogP contribution in [0.15, 0.2) is 46.9 Å². The summed E-state index contributed by atoms with van der Waals surface area (Å²) in [5.74, 6) is 0. The summed E-state index contributed by atoms with van der Waals surface area (Å²) in [5, 5.41) is 3.56. The highest BCUT2D eigenvalue weighted by Gasteiger charge is 2.34. The molecule has 6 heteroatoms. The molecule has 0 bridgehead atoms. The van der Waals surface area contributed by atoms with E-state index in [1.807, 2.05) is 0 Å². The minimum absolute atomic E-state index is 0.192. The number of nitrogens with one attached hydrogen (secondary N) is 1. The number of anilines is 1. The summed E-state index contributed by atoms with van der Waals surface area (Å²) in [5.41, 5.74) is 0.201. The first kappa shape index (κ1) is 16.2. The molecule has 0 aliphatic heterocycles. The molecule has 0 heterocycles. The quantitative estimate of drug-likeness (QED) is 0.661. The Morgan fingerprint density at radius 3 is 2.48 bits per heavy atom. The van der Waals surface area contributed by atoms with Crippen molar-refractivity contribution in [3.63, 3.8) is 0 Å². The highest BCUT2D eigenvalue weighted by molar-refractivity contribution is 9.10. The second kappa shape index (κ2) is 6.28. The average Bonchev–Trinajstić information content (AvgIpc) is 2.42. The van der Waals surface area contributed by atoms with E-state index >= 15 is 0 Å². The molecule has 2 aromatic rings. The zero-order chi connectivity index (χ0) is 15.6. The molecule has 1 N–H and O–H groups in total. The highest BCUT2D eigenvalue weighted by Crippen LogP contribution is 2.36. The van der Waals surface area contributed by atoms with Crippen LogP contribution in [-0.2, 0) is 6.18 Å². The van der Waals surface area contributed by atoms with Gasteiger partial charge in [0.15, 0.2) is 0 Å². The van der Waals surface area contributed by atoms with E-state index in [0.717, 1.165) is 10.5 Å². The lowest BCUT2D eigenvalue weighted by atomic mass is 10.0.